The summed E-state index contributed by atoms with van der Waals surface area (Å²) in [5, 5.41) is 4.49. The number of nitrogens with zero attached hydrogens (tertiary/aromatic N) is 5. The number of ether oxygens (including phenoxy) is 2. The van der Waals surface area contributed by atoms with Crippen molar-refractivity contribution in [3.05, 3.63) is 308 Å². The van der Waals surface area contributed by atoms with E-state index in [1.54, 1.807) is 48.9 Å². The minimum atomic E-state index is -3.06. The second-order valence-electron chi connectivity index (χ2n) is 27.3. The van der Waals surface area contributed by atoms with Crippen molar-refractivity contribution in [2.45, 2.75) is 91.0 Å². The van der Waals surface area contributed by atoms with Gasteiger partial charge in [-0.1, -0.05) is 88.7 Å². The fourth-order valence-electron chi connectivity index (χ4n) is 12.8. The molecule has 9 aromatic carbocycles. The molecule has 3 atom stereocenters. The molecule has 0 bridgehead atoms. The van der Waals surface area contributed by atoms with Crippen LogP contribution in [0.25, 0.3) is 77.3 Å². The van der Waals surface area contributed by atoms with E-state index in [2.05, 4.69) is 40.5 Å². The normalized spacial score (nSPS) is 14.1. The van der Waals surface area contributed by atoms with Gasteiger partial charge in [0.2, 0.25) is 16.3 Å². The van der Waals surface area contributed by atoms with Gasteiger partial charge in [0.05, 0.1) is 56.5 Å². The first-order valence-corrected chi connectivity index (χ1v) is 37.2. The molecule has 0 radical (unpaired) electrons. The predicted octanol–water partition coefficient (Wildman–Crippen LogP) is 19.4. The summed E-state index contributed by atoms with van der Waals surface area (Å²) in [6.45, 7) is 6.38. The zero-order valence-electron chi connectivity index (χ0n) is 62.5. The van der Waals surface area contributed by atoms with Gasteiger partial charge in [-0.15, -0.1) is 0 Å². The molecule has 2 aliphatic heterocycles. The smallest absolute Gasteiger partial charge is 0.458 e. The maximum absolute atomic E-state index is 14.5. The number of benzene rings is 9. The van der Waals surface area contributed by atoms with E-state index in [1.165, 1.54) is 135 Å². The number of nitrogens with two attached hydrogens (primary N) is 2. The maximum Gasteiger partial charge on any atom is 0.494 e. The van der Waals surface area contributed by atoms with Crippen LogP contribution >= 0.6 is 38.5 Å². The lowest BCUT2D eigenvalue weighted by molar-refractivity contribution is -0.0528. The van der Waals surface area contributed by atoms with Crippen molar-refractivity contribution in [1.29, 1.82) is 0 Å². The molecular weight excluding hydrogens is 1740 g/mol. The third kappa shape index (κ3) is 17.7. The van der Waals surface area contributed by atoms with Crippen molar-refractivity contribution in [2.75, 3.05) is 5.73 Å². The number of anilines is 1. The van der Waals surface area contributed by atoms with Gasteiger partial charge in [-0.2, -0.15) is 22.7 Å². The lowest BCUT2D eigenvalue weighted by Crippen LogP contribution is -2.41. The summed E-state index contributed by atoms with van der Waals surface area (Å²) in [6, 6.07) is 39.8. The second-order valence-corrected chi connectivity index (χ2v) is 29.3. The first-order valence-electron chi connectivity index (χ1n) is 35.4. The topological polar surface area (TPSA) is 261 Å². The number of nitrogen functional groups attached to an aromatic ring is 1. The molecule has 1 saturated heterocycles. The van der Waals surface area contributed by atoms with E-state index in [-0.39, 0.29) is 89.4 Å². The third-order valence-electron chi connectivity index (χ3n) is 19.1. The van der Waals surface area contributed by atoms with E-state index in [0.29, 0.717) is 35.8 Å². The highest BCUT2D eigenvalue weighted by atomic mass is 127. The fourth-order valence-corrected chi connectivity index (χ4v) is 13.9. The minimum absolute atomic E-state index is 0.0337. The van der Waals surface area contributed by atoms with Gasteiger partial charge in [-0.05, 0) is 208 Å². The van der Waals surface area contributed by atoms with Crippen LogP contribution in [0.4, 0.5) is 58.5 Å². The van der Waals surface area contributed by atoms with E-state index >= 15 is 0 Å². The molecule has 7 heterocycles. The molecule has 2 aliphatic rings. The number of carbonyl (C=O) groups is 2. The Kier molecular flexibility index (Phi) is 25.4. The average molecular weight is 1810 g/mol. The van der Waals surface area contributed by atoms with Crippen molar-refractivity contribution in [3.8, 4) is 44.9 Å². The Hall–Kier alpha value is -12.0. The summed E-state index contributed by atoms with van der Waals surface area (Å²) >= 11 is 5.01. The van der Waals surface area contributed by atoms with Gasteiger partial charge in [0, 0.05) is 4.47 Å². The molecule has 19 nitrogen and oxygen atoms in total. The zero-order valence-corrected chi connectivity index (χ0v) is 66.3. The molecule has 606 valence electrons. The summed E-state index contributed by atoms with van der Waals surface area (Å²) < 4.78 is 197. The van der Waals surface area contributed by atoms with Crippen LogP contribution in [-0.2, 0) is 9.31 Å². The van der Waals surface area contributed by atoms with Crippen LogP contribution in [-0.4, -0.2) is 68.0 Å². The average Bonchev–Trinajstić information content (AvgIpc) is 1.22. The Morgan fingerprint density at radius 2 is 0.907 bits per heavy atom. The molecule has 118 heavy (non-hydrogen) atoms. The molecule has 34 heteroatoms. The van der Waals surface area contributed by atoms with E-state index in [9.17, 15) is 76.7 Å². The molecule has 0 saturated carbocycles. The minimum Gasteiger partial charge on any atom is -0.458 e. The Morgan fingerprint density at radius 1 is 0.475 bits per heavy atom. The van der Waals surface area contributed by atoms with E-state index in [0.717, 1.165) is 41.3 Å². The summed E-state index contributed by atoms with van der Waals surface area (Å²) in [5.74, 6) is -6.76. The molecule has 3 unspecified atom stereocenters. The number of imide groups is 1. The van der Waals surface area contributed by atoms with Crippen LogP contribution in [0.2, 0.25) is 0 Å². The predicted molar refractivity (Wildman–Crippen MR) is 427 cm³/mol. The molecular formula is C84H62BBrF12IN7O12. The zero-order chi connectivity index (χ0) is 85.3. The van der Waals surface area contributed by atoms with Crippen LogP contribution in [0.15, 0.2) is 226 Å². The van der Waals surface area contributed by atoms with Gasteiger partial charge in [0.1, 0.15) is 107 Å². The van der Waals surface area contributed by atoms with E-state index < -0.39 is 136 Å². The standard InChI is InChI=1S/C25H15F2NO4.C22H14F2IN5O2.C17H13F2NO2.C13H16BF3O3.C7H4BrF3O/c1-13(28-24(30)16-8-2-3-9-17(16)25(28)31)23-20(14-6-4-7-15(26)12-14)22(29)21-18(27)10-5-11-19(21)32-23;1-10(30-22-17(20(25)29-30)21(26)27-9-28-22)19-15(11-5-7-12(23)8-6-11)18(31)16-13(24)3-2-4-14(16)32-19;1-9(20)17-14(10-4-2-5-11(18)8-10)16(21)15-12(19)6-3-7-13(15)22-17;1-12(2)13(3,4)20-14(19-12)8-5-6-10(9(15)7-8)18-11(16)17;8-4-1-2-6(5(9)3-4)12-7(10)11/h2-13H,1H3;2-10H,1H3,(H2,26,27,28);2-9H,20H2,1H3;5-7,11H,1-4H3;1-3,7H. The first-order chi connectivity index (χ1) is 55.9. The van der Waals surface area contributed by atoms with Gasteiger partial charge in [0.25, 0.3) is 11.8 Å². The van der Waals surface area contributed by atoms with Crippen molar-refractivity contribution >= 4 is 113 Å². The summed E-state index contributed by atoms with van der Waals surface area (Å²) in [6.07, 6.45) is 1.32. The second kappa shape index (κ2) is 35.1. The Morgan fingerprint density at radius 3 is 1.36 bits per heavy atom. The number of hydrogen-bond donors (Lipinski definition) is 2. The maximum atomic E-state index is 14.5. The molecule has 16 rings (SSSR count). The third-order valence-corrected chi connectivity index (χ3v) is 20.3. The largest absolute Gasteiger partial charge is 0.494 e. The first kappa shape index (κ1) is 85.4. The SMILES string of the molecule is CC(N)c1oc2cccc(F)c2c(=O)c1-c1cccc(F)c1.CC(c1oc2cccc(F)c2c(=O)c1-c1ccc(F)cc1)n1nc(I)c2c(N)ncnc21.CC(c1oc2cccc(F)c2c(=O)c1-c1cccc(F)c1)N1C(=O)c2ccccc2C1=O.CC1(C)OB(c2ccc(OC(F)F)c(F)c2)OC1(C)C.Fc1cc(Br)ccc1OC(F)F. The Bertz CT molecular complexity index is 6370. The number of carbonyl (C=O) groups excluding carboxylic acids is 2. The van der Waals surface area contributed by atoms with Crippen molar-refractivity contribution < 1.29 is 94.3 Å². The summed E-state index contributed by atoms with van der Waals surface area (Å²) in [5.41, 5.74) is 11.5. The number of aromatic nitrogens is 4. The van der Waals surface area contributed by atoms with Crippen molar-refractivity contribution in [2.24, 2.45) is 5.73 Å². The highest BCUT2D eigenvalue weighted by Crippen LogP contribution is 2.41. The van der Waals surface area contributed by atoms with Crippen LogP contribution < -0.4 is 42.7 Å². The molecule has 0 spiro atoms. The molecule has 5 aromatic heterocycles. The highest BCUT2D eigenvalue weighted by molar-refractivity contribution is 14.1. The van der Waals surface area contributed by atoms with Gasteiger partial charge < -0.3 is 43.5 Å². The molecule has 2 amide bonds. The monoisotopic (exact) mass is 1810 g/mol. The summed E-state index contributed by atoms with van der Waals surface area (Å²) in [4.78, 5) is 74.8. The number of rotatable bonds is 13. The van der Waals surface area contributed by atoms with Crippen LogP contribution in [0.5, 0.6) is 11.5 Å². The van der Waals surface area contributed by atoms with Gasteiger partial charge in [-0.3, -0.25) is 28.9 Å². The fraction of sp³-hybridized carbons (Fsp3) is 0.167. The Balaban J connectivity index is 0.000000140. The number of alkyl halides is 4. The summed E-state index contributed by atoms with van der Waals surface area (Å²) in [7, 11) is -0.741. The van der Waals surface area contributed by atoms with E-state index in [1.807, 2.05) is 50.3 Å². The van der Waals surface area contributed by atoms with E-state index in [4.69, 9.17) is 34.0 Å². The number of halogens is 14. The lowest BCUT2D eigenvalue weighted by atomic mass is 9.79. The number of amides is 2. The molecule has 4 N–H and O–H groups in total. The van der Waals surface area contributed by atoms with Crippen LogP contribution in [0.1, 0.15) is 105 Å². The van der Waals surface area contributed by atoms with Gasteiger partial charge >= 0.3 is 20.3 Å². The van der Waals surface area contributed by atoms with Gasteiger partial charge in [0.15, 0.2) is 28.8 Å². The van der Waals surface area contributed by atoms with Crippen LogP contribution in [0.3, 0.4) is 0 Å². The van der Waals surface area contributed by atoms with Crippen molar-refractivity contribution in [3.63, 3.8) is 0 Å². The molecule has 1 fully saturated rings. The van der Waals surface area contributed by atoms with Gasteiger partial charge in [-0.25, -0.2) is 49.8 Å². The molecule has 14 aromatic rings. The molecule has 0 aliphatic carbocycles. The van der Waals surface area contributed by atoms with Crippen molar-refractivity contribution in [1.82, 2.24) is 24.6 Å². The van der Waals surface area contributed by atoms with Crippen LogP contribution in [0, 0.1) is 50.2 Å². The Labute approximate surface area is 683 Å². The number of fused-ring (bicyclic) bond motifs is 5. The highest BCUT2D eigenvalue weighted by Gasteiger charge is 2.52. The lowest BCUT2D eigenvalue weighted by Gasteiger charge is -2.32. The quantitative estimate of drug-likeness (QED) is 0.0470. The number of hydrogen-bond acceptors (Lipinski definition) is 17.